The van der Waals surface area contributed by atoms with Gasteiger partial charge in [-0.15, -0.1) is 5.10 Å². The number of pyridine rings is 1. The molecule has 0 spiro atoms. The van der Waals surface area contributed by atoms with Gasteiger partial charge in [0.1, 0.15) is 0 Å². The van der Waals surface area contributed by atoms with Crippen LogP contribution in [0.3, 0.4) is 0 Å². The number of benzene rings is 1. The summed E-state index contributed by atoms with van der Waals surface area (Å²) in [5, 5.41) is 10.9. The van der Waals surface area contributed by atoms with Crippen molar-refractivity contribution in [3.63, 3.8) is 0 Å². The van der Waals surface area contributed by atoms with Gasteiger partial charge in [-0.25, -0.2) is 9.67 Å². The first-order valence-corrected chi connectivity index (χ1v) is 9.97. The zero-order valence-corrected chi connectivity index (χ0v) is 17.6. The van der Waals surface area contributed by atoms with Gasteiger partial charge >= 0.3 is 0 Å². The second kappa shape index (κ2) is 7.78. The molecule has 156 valence electrons. The molecule has 0 atom stereocenters. The van der Waals surface area contributed by atoms with Crippen molar-refractivity contribution >= 4 is 34.2 Å². The van der Waals surface area contributed by atoms with E-state index in [0.29, 0.717) is 17.3 Å². The molecule has 0 unspecified atom stereocenters. The molecule has 2 heterocycles. The zero-order valence-electron chi connectivity index (χ0n) is 17.6. The summed E-state index contributed by atoms with van der Waals surface area (Å²) in [5.41, 5.74) is 4.81. The maximum absolute atomic E-state index is 12.5. The summed E-state index contributed by atoms with van der Waals surface area (Å²) in [6.45, 7) is 5.61. The van der Waals surface area contributed by atoms with E-state index >= 15 is 0 Å². The number of aryl methyl sites for hydroxylation is 4. The average molecular weight is 407 g/mol. The number of anilines is 2. The van der Waals surface area contributed by atoms with Gasteiger partial charge in [-0.1, -0.05) is 6.07 Å². The van der Waals surface area contributed by atoms with Gasteiger partial charge in [0.2, 0.25) is 11.8 Å². The topological polar surface area (TPSA) is 98.1 Å². The summed E-state index contributed by atoms with van der Waals surface area (Å²) in [5.74, 6) is 0.225. The van der Waals surface area contributed by atoms with Gasteiger partial charge in [-0.2, -0.15) is 0 Å². The quantitative estimate of drug-likeness (QED) is 0.654. The van der Waals surface area contributed by atoms with Crippen molar-refractivity contribution in [3.05, 3.63) is 41.1 Å². The normalized spacial score (nSPS) is 13.3. The molecule has 1 fully saturated rings. The number of nitrogens with zero attached hydrogens (tertiary/aromatic N) is 3. The summed E-state index contributed by atoms with van der Waals surface area (Å²) >= 11 is 0. The van der Waals surface area contributed by atoms with Crippen molar-refractivity contribution in [2.45, 2.75) is 33.6 Å². The van der Waals surface area contributed by atoms with E-state index in [-0.39, 0.29) is 24.3 Å². The molecule has 8 nitrogen and oxygen atoms in total. The van der Waals surface area contributed by atoms with Crippen molar-refractivity contribution in [2.24, 2.45) is 13.0 Å². The number of aromatic nitrogens is 3. The van der Waals surface area contributed by atoms with Crippen LogP contribution >= 0.6 is 0 Å². The second-order valence-electron chi connectivity index (χ2n) is 7.84. The minimum absolute atomic E-state index is 0.0284. The number of rotatable bonds is 6. The van der Waals surface area contributed by atoms with Crippen molar-refractivity contribution in [1.82, 2.24) is 14.8 Å². The lowest BCUT2D eigenvalue weighted by Gasteiger charge is -2.12. The van der Waals surface area contributed by atoms with Gasteiger partial charge in [0, 0.05) is 30.0 Å². The lowest BCUT2D eigenvalue weighted by atomic mass is 10.1. The predicted molar refractivity (Wildman–Crippen MR) is 115 cm³/mol. The molecule has 1 aromatic carbocycles. The minimum atomic E-state index is -0.305. The highest BCUT2D eigenvalue weighted by atomic mass is 16.5. The van der Waals surface area contributed by atoms with Gasteiger partial charge in [0.25, 0.3) is 5.91 Å². The molecule has 30 heavy (non-hydrogen) atoms. The molecule has 1 aliphatic rings. The Morgan fingerprint density at radius 1 is 1.13 bits per heavy atom. The van der Waals surface area contributed by atoms with Crippen LogP contribution in [0, 0.1) is 26.7 Å². The number of hydrogen-bond acceptors (Lipinski definition) is 5. The molecule has 1 saturated carbocycles. The van der Waals surface area contributed by atoms with Crippen LogP contribution in [0.15, 0.2) is 24.3 Å². The van der Waals surface area contributed by atoms with Crippen LogP contribution in [0.1, 0.15) is 29.7 Å². The minimum Gasteiger partial charge on any atom is -0.466 e. The monoisotopic (exact) mass is 407 g/mol. The number of hydrogen-bond donors (Lipinski definition) is 2. The van der Waals surface area contributed by atoms with Crippen LogP contribution in [0.25, 0.3) is 11.0 Å². The first-order valence-electron chi connectivity index (χ1n) is 9.97. The number of amides is 2. The highest BCUT2D eigenvalue weighted by Crippen LogP contribution is 2.31. The Bertz CT molecular complexity index is 1150. The van der Waals surface area contributed by atoms with E-state index in [2.05, 4.69) is 20.7 Å². The Morgan fingerprint density at radius 3 is 2.63 bits per heavy atom. The molecule has 0 bridgehead atoms. The highest BCUT2D eigenvalue weighted by molar-refractivity contribution is 5.97. The lowest BCUT2D eigenvalue weighted by molar-refractivity contribution is -0.118. The molecule has 8 heteroatoms. The Hall–Kier alpha value is -3.42. The fraction of sp³-hybridized carbons (Fsp3) is 0.364. The smallest absolute Gasteiger partial charge is 0.262 e. The molecule has 1 aliphatic carbocycles. The Morgan fingerprint density at radius 2 is 1.90 bits per heavy atom. The third kappa shape index (κ3) is 4.12. The van der Waals surface area contributed by atoms with Gasteiger partial charge in [0.15, 0.2) is 12.3 Å². The van der Waals surface area contributed by atoms with E-state index in [0.717, 1.165) is 40.7 Å². The third-order valence-corrected chi connectivity index (χ3v) is 5.15. The predicted octanol–water partition coefficient (Wildman–Crippen LogP) is 3.26. The first-order chi connectivity index (χ1) is 14.3. The van der Waals surface area contributed by atoms with Gasteiger partial charge in [0.05, 0.1) is 5.39 Å². The molecule has 2 amide bonds. The van der Waals surface area contributed by atoms with E-state index < -0.39 is 0 Å². The summed E-state index contributed by atoms with van der Waals surface area (Å²) in [6, 6.07) is 7.42. The first kappa shape index (κ1) is 19.9. The lowest BCUT2D eigenvalue weighted by Crippen LogP contribution is -2.21. The Labute approximate surface area is 174 Å². The molecular formula is C22H25N5O3. The van der Waals surface area contributed by atoms with E-state index in [1.54, 1.807) is 17.8 Å². The van der Waals surface area contributed by atoms with E-state index in [9.17, 15) is 9.59 Å². The van der Waals surface area contributed by atoms with Crippen LogP contribution in [-0.2, 0) is 16.6 Å². The number of ether oxygens (including phenoxy) is 1. The van der Waals surface area contributed by atoms with E-state index in [1.165, 1.54) is 0 Å². The average Bonchev–Trinajstić information content (AvgIpc) is 3.48. The van der Waals surface area contributed by atoms with Crippen LogP contribution < -0.4 is 15.4 Å². The maximum atomic E-state index is 12.5. The standard InChI is InChI=1S/C22H25N5O3/c1-12-5-8-16(24-21(29)15-6-7-15)10-17(12)25-18(28)11-30-22-19-13(2)9-14(3)23-20(19)27(4)26-22/h5,8-10,15H,6-7,11H2,1-4H3,(H,24,29)(H,25,28). The van der Waals surface area contributed by atoms with Gasteiger partial charge < -0.3 is 15.4 Å². The number of carbonyl (C=O) groups excluding carboxylic acids is 2. The van der Waals surface area contributed by atoms with Gasteiger partial charge in [-0.05, 0) is 62.9 Å². The van der Waals surface area contributed by atoms with Crippen molar-refractivity contribution in [3.8, 4) is 5.88 Å². The maximum Gasteiger partial charge on any atom is 0.262 e. The Balaban J connectivity index is 1.44. The van der Waals surface area contributed by atoms with E-state index in [1.807, 2.05) is 39.0 Å². The van der Waals surface area contributed by atoms with Crippen molar-refractivity contribution in [2.75, 3.05) is 17.2 Å². The van der Waals surface area contributed by atoms with Crippen LogP contribution in [0.5, 0.6) is 5.88 Å². The van der Waals surface area contributed by atoms with Gasteiger partial charge in [-0.3, -0.25) is 9.59 Å². The summed E-state index contributed by atoms with van der Waals surface area (Å²) < 4.78 is 7.37. The van der Waals surface area contributed by atoms with Crippen LogP contribution in [0.2, 0.25) is 0 Å². The fourth-order valence-corrected chi connectivity index (χ4v) is 3.39. The van der Waals surface area contributed by atoms with Crippen molar-refractivity contribution in [1.29, 1.82) is 0 Å². The second-order valence-corrected chi connectivity index (χ2v) is 7.84. The molecule has 2 N–H and O–H groups in total. The fourth-order valence-electron chi connectivity index (χ4n) is 3.39. The summed E-state index contributed by atoms with van der Waals surface area (Å²) in [4.78, 5) is 29.0. The Kier molecular flexibility index (Phi) is 5.15. The molecule has 4 rings (SSSR count). The van der Waals surface area contributed by atoms with Crippen molar-refractivity contribution < 1.29 is 14.3 Å². The highest BCUT2D eigenvalue weighted by Gasteiger charge is 2.29. The third-order valence-electron chi connectivity index (χ3n) is 5.15. The molecular weight excluding hydrogens is 382 g/mol. The van der Waals surface area contributed by atoms with Crippen LogP contribution in [0.4, 0.5) is 11.4 Å². The summed E-state index contributed by atoms with van der Waals surface area (Å²) in [7, 11) is 1.80. The van der Waals surface area contributed by atoms with Crippen LogP contribution in [-0.4, -0.2) is 33.2 Å². The number of fused-ring (bicyclic) bond motifs is 1. The number of carbonyl (C=O) groups is 2. The molecule has 0 aliphatic heterocycles. The molecule has 0 saturated heterocycles. The SMILES string of the molecule is Cc1cc(C)c2c(OCC(=O)Nc3cc(NC(=O)C4CC4)ccc3C)nn(C)c2n1. The molecule has 0 radical (unpaired) electrons. The zero-order chi connectivity index (χ0) is 21.4. The number of nitrogens with one attached hydrogen (secondary N) is 2. The molecule has 2 aromatic heterocycles. The summed E-state index contributed by atoms with van der Waals surface area (Å²) in [6.07, 6.45) is 1.88. The van der Waals surface area contributed by atoms with E-state index in [4.69, 9.17) is 4.74 Å². The largest absolute Gasteiger partial charge is 0.466 e. The molecule has 3 aromatic rings.